The Hall–Kier alpha value is -3.04. The highest BCUT2D eigenvalue weighted by Gasteiger charge is 2.20. The van der Waals surface area contributed by atoms with Crippen molar-refractivity contribution in [1.29, 1.82) is 0 Å². The summed E-state index contributed by atoms with van der Waals surface area (Å²) in [5.74, 6) is 0.797. The van der Waals surface area contributed by atoms with Crippen LogP contribution in [0.2, 0.25) is 0 Å². The van der Waals surface area contributed by atoms with E-state index < -0.39 is 10.0 Å². The van der Waals surface area contributed by atoms with E-state index in [1.54, 1.807) is 48.9 Å². The molecule has 1 aliphatic heterocycles. The Morgan fingerprint density at radius 2 is 1.83 bits per heavy atom. The third-order valence-electron chi connectivity index (χ3n) is 4.66. The lowest BCUT2D eigenvalue weighted by atomic mass is 10.1. The van der Waals surface area contributed by atoms with Crippen molar-refractivity contribution >= 4 is 21.5 Å². The highest BCUT2D eigenvalue weighted by molar-refractivity contribution is 7.92. The Balaban J connectivity index is 1.70. The zero-order chi connectivity index (χ0) is 20.3. The molecule has 1 fully saturated rings. The maximum absolute atomic E-state index is 12.6. The van der Waals surface area contributed by atoms with Crippen molar-refractivity contribution in [3.8, 4) is 11.1 Å². The summed E-state index contributed by atoms with van der Waals surface area (Å²) in [5.41, 5.74) is 2.76. The third kappa shape index (κ3) is 4.20. The van der Waals surface area contributed by atoms with Crippen LogP contribution in [-0.4, -0.2) is 49.7 Å². The number of morpholine rings is 1. The summed E-state index contributed by atoms with van der Waals surface area (Å²) in [5, 5.41) is 0. The van der Waals surface area contributed by atoms with Gasteiger partial charge in [-0.1, -0.05) is 18.2 Å². The maximum atomic E-state index is 12.6. The second kappa shape index (κ2) is 8.14. The molecule has 9 heteroatoms. The van der Waals surface area contributed by atoms with Gasteiger partial charge in [-0.2, -0.15) is 0 Å². The first-order valence-corrected chi connectivity index (χ1v) is 10.7. The van der Waals surface area contributed by atoms with Gasteiger partial charge in [-0.05, 0) is 25.1 Å². The molecule has 0 amide bonds. The van der Waals surface area contributed by atoms with Crippen molar-refractivity contribution in [1.82, 2.24) is 15.0 Å². The maximum Gasteiger partial charge on any atom is 0.261 e. The van der Waals surface area contributed by atoms with Crippen LogP contribution >= 0.6 is 0 Å². The van der Waals surface area contributed by atoms with Crippen molar-refractivity contribution in [3.63, 3.8) is 0 Å². The number of aromatic nitrogens is 3. The van der Waals surface area contributed by atoms with E-state index in [0.717, 1.165) is 35.7 Å². The summed E-state index contributed by atoms with van der Waals surface area (Å²) in [6, 6.07) is 9.98. The predicted molar refractivity (Wildman–Crippen MR) is 110 cm³/mol. The molecule has 1 saturated heterocycles. The van der Waals surface area contributed by atoms with Crippen LogP contribution in [0.1, 0.15) is 5.69 Å². The van der Waals surface area contributed by atoms with Gasteiger partial charge in [0.15, 0.2) is 0 Å². The third-order valence-corrected chi connectivity index (χ3v) is 6.06. The fourth-order valence-corrected chi connectivity index (χ4v) is 4.32. The highest BCUT2D eigenvalue weighted by Crippen LogP contribution is 2.32. The molecule has 4 rings (SSSR count). The number of sulfonamides is 1. The number of ether oxygens (including phenoxy) is 1. The number of hydrogen-bond donors (Lipinski definition) is 1. The van der Waals surface area contributed by atoms with Crippen LogP contribution in [0.3, 0.4) is 0 Å². The van der Waals surface area contributed by atoms with Gasteiger partial charge in [0.1, 0.15) is 12.1 Å². The molecular formula is C20H21N5O3S. The standard InChI is InChI=1S/C20H21N5O3S/c1-15-19(20(23-14-22-15)25-7-9-28-10-8-25)16-11-17(13-21-12-16)24-29(26,27)18-5-3-2-4-6-18/h2-6,11-14,24H,7-10H2,1H3. The van der Waals surface area contributed by atoms with Crippen LogP contribution in [-0.2, 0) is 14.8 Å². The fourth-order valence-electron chi connectivity index (χ4n) is 3.26. The normalized spacial score (nSPS) is 14.6. The Bertz CT molecular complexity index is 1100. The first kappa shape index (κ1) is 19.3. The van der Waals surface area contributed by atoms with E-state index in [1.165, 1.54) is 6.20 Å². The number of nitrogens with zero attached hydrogens (tertiary/aromatic N) is 4. The van der Waals surface area contributed by atoms with Crippen molar-refractivity contribution in [3.05, 3.63) is 60.8 Å². The van der Waals surface area contributed by atoms with Gasteiger partial charge in [-0.25, -0.2) is 18.4 Å². The first-order valence-electron chi connectivity index (χ1n) is 9.22. The fraction of sp³-hybridized carbons (Fsp3) is 0.250. The minimum atomic E-state index is -3.70. The molecular weight excluding hydrogens is 390 g/mol. The number of aryl methyl sites for hydroxylation is 1. The molecule has 150 valence electrons. The molecule has 29 heavy (non-hydrogen) atoms. The lowest BCUT2D eigenvalue weighted by Crippen LogP contribution is -2.37. The Labute approximate surface area is 169 Å². The summed E-state index contributed by atoms with van der Waals surface area (Å²) >= 11 is 0. The van der Waals surface area contributed by atoms with Gasteiger partial charge in [0.25, 0.3) is 10.0 Å². The molecule has 1 aromatic carbocycles. The van der Waals surface area contributed by atoms with Crippen molar-refractivity contribution in [2.75, 3.05) is 35.9 Å². The first-order chi connectivity index (χ1) is 14.0. The Morgan fingerprint density at radius 1 is 1.07 bits per heavy atom. The molecule has 0 spiro atoms. The zero-order valence-corrected chi connectivity index (χ0v) is 16.8. The molecule has 0 radical (unpaired) electrons. The van der Waals surface area contributed by atoms with E-state index >= 15 is 0 Å². The summed E-state index contributed by atoms with van der Waals surface area (Å²) < 4.78 is 33.3. The highest BCUT2D eigenvalue weighted by atomic mass is 32.2. The number of hydrogen-bond acceptors (Lipinski definition) is 7. The van der Waals surface area contributed by atoms with Crippen LogP contribution in [0.25, 0.3) is 11.1 Å². The van der Waals surface area contributed by atoms with Crippen LogP contribution < -0.4 is 9.62 Å². The number of benzene rings is 1. The molecule has 3 heterocycles. The van der Waals surface area contributed by atoms with E-state index in [9.17, 15) is 8.42 Å². The van der Waals surface area contributed by atoms with Gasteiger partial charge < -0.3 is 9.64 Å². The van der Waals surface area contributed by atoms with Gasteiger partial charge in [0.2, 0.25) is 0 Å². The van der Waals surface area contributed by atoms with E-state index in [4.69, 9.17) is 4.74 Å². The molecule has 1 aliphatic rings. The van der Waals surface area contributed by atoms with E-state index in [1.807, 2.05) is 6.92 Å². The molecule has 0 atom stereocenters. The van der Waals surface area contributed by atoms with E-state index in [2.05, 4.69) is 24.6 Å². The largest absolute Gasteiger partial charge is 0.378 e. The van der Waals surface area contributed by atoms with Crippen molar-refractivity contribution < 1.29 is 13.2 Å². The molecule has 0 unspecified atom stereocenters. The average Bonchev–Trinajstić information content (AvgIpc) is 2.75. The Morgan fingerprint density at radius 3 is 2.59 bits per heavy atom. The lowest BCUT2D eigenvalue weighted by molar-refractivity contribution is 0.122. The van der Waals surface area contributed by atoms with Crippen LogP contribution in [0.4, 0.5) is 11.5 Å². The summed E-state index contributed by atoms with van der Waals surface area (Å²) in [6.07, 6.45) is 4.71. The summed E-state index contributed by atoms with van der Waals surface area (Å²) in [7, 11) is -3.70. The van der Waals surface area contributed by atoms with Gasteiger partial charge in [0.05, 0.1) is 35.7 Å². The van der Waals surface area contributed by atoms with Crippen molar-refractivity contribution in [2.24, 2.45) is 0 Å². The number of anilines is 2. The number of rotatable bonds is 5. The lowest BCUT2D eigenvalue weighted by Gasteiger charge is -2.29. The van der Waals surface area contributed by atoms with Crippen molar-refractivity contribution in [2.45, 2.75) is 11.8 Å². The predicted octanol–water partition coefficient (Wildman–Crippen LogP) is 2.48. The van der Waals surface area contributed by atoms with Gasteiger partial charge in [0, 0.05) is 30.4 Å². The van der Waals surface area contributed by atoms with Gasteiger partial charge >= 0.3 is 0 Å². The zero-order valence-electron chi connectivity index (χ0n) is 15.9. The molecule has 0 bridgehead atoms. The number of nitrogens with one attached hydrogen (secondary N) is 1. The molecule has 3 aromatic rings. The van der Waals surface area contributed by atoms with E-state index in [0.29, 0.717) is 18.9 Å². The summed E-state index contributed by atoms with van der Waals surface area (Å²) in [4.78, 5) is 15.4. The molecule has 0 aliphatic carbocycles. The van der Waals surface area contributed by atoms with E-state index in [-0.39, 0.29) is 4.90 Å². The quantitative estimate of drug-likeness (QED) is 0.689. The Kier molecular flexibility index (Phi) is 5.41. The van der Waals surface area contributed by atoms with Crippen LogP contribution in [0.5, 0.6) is 0 Å². The SMILES string of the molecule is Cc1ncnc(N2CCOCC2)c1-c1cncc(NS(=O)(=O)c2ccccc2)c1. The number of pyridine rings is 1. The molecule has 8 nitrogen and oxygen atoms in total. The van der Waals surface area contributed by atoms with Crippen LogP contribution in [0.15, 0.2) is 60.0 Å². The van der Waals surface area contributed by atoms with Gasteiger partial charge in [-0.15, -0.1) is 0 Å². The monoisotopic (exact) mass is 411 g/mol. The molecule has 1 N–H and O–H groups in total. The van der Waals surface area contributed by atoms with Crippen LogP contribution in [0, 0.1) is 6.92 Å². The second-order valence-corrected chi connectivity index (χ2v) is 8.32. The molecule has 2 aromatic heterocycles. The minimum Gasteiger partial charge on any atom is -0.378 e. The second-order valence-electron chi connectivity index (χ2n) is 6.64. The van der Waals surface area contributed by atoms with Gasteiger partial charge in [-0.3, -0.25) is 9.71 Å². The minimum absolute atomic E-state index is 0.193. The smallest absolute Gasteiger partial charge is 0.261 e. The summed E-state index contributed by atoms with van der Waals surface area (Å²) in [6.45, 7) is 4.64. The molecule has 0 saturated carbocycles. The topological polar surface area (TPSA) is 97.3 Å². The average molecular weight is 411 g/mol.